The van der Waals surface area contributed by atoms with E-state index in [0.29, 0.717) is 15.6 Å². The molecule has 11 heavy (non-hydrogen) atoms. The summed E-state index contributed by atoms with van der Waals surface area (Å²) < 4.78 is 13.5. The highest BCUT2D eigenvalue weighted by atomic mass is 79.9. The molecule has 0 atom stereocenters. The van der Waals surface area contributed by atoms with E-state index in [2.05, 4.69) is 15.9 Å². The maximum absolute atomic E-state index is 13.0. The van der Waals surface area contributed by atoms with Gasteiger partial charge in [-0.2, -0.15) is 0 Å². The van der Waals surface area contributed by atoms with Gasteiger partial charge in [0.25, 0.3) is 0 Å². The lowest BCUT2D eigenvalue weighted by molar-refractivity contribution is 0.611. The normalized spacial score (nSPS) is 9.73. The van der Waals surface area contributed by atoms with Crippen LogP contribution in [0, 0.1) is 18.2 Å². The van der Waals surface area contributed by atoms with E-state index < -0.39 is 0 Å². The monoisotopic (exact) mass is 215 g/mol. The lowest BCUT2D eigenvalue weighted by atomic mass is 10.1. The standard InChI is InChI=1S/C8H7BrFN/c1-5-6(4-11)2-3-7(9)8(5)10/h2-4,11H,1H3. The van der Waals surface area contributed by atoms with Crippen molar-refractivity contribution < 1.29 is 4.39 Å². The minimum absolute atomic E-state index is 0.286. The second-order valence-corrected chi connectivity index (χ2v) is 3.07. The third-order valence-corrected chi connectivity index (χ3v) is 2.15. The number of rotatable bonds is 1. The first-order chi connectivity index (χ1) is 5.16. The summed E-state index contributed by atoms with van der Waals surface area (Å²) >= 11 is 3.06. The van der Waals surface area contributed by atoms with Crippen LogP contribution in [0.2, 0.25) is 0 Å². The van der Waals surface area contributed by atoms with Crippen molar-refractivity contribution in [2.75, 3.05) is 0 Å². The molecule has 0 amide bonds. The number of hydrogen-bond acceptors (Lipinski definition) is 1. The van der Waals surface area contributed by atoms with Gasteiger partial charge in [-0.3, -0.25) is 0 Å². The van der Waals surface area contributed by atoms with Gasteiger partial charge in [0.2, 0.25) is 0 Å². The van der Waals surface area contributed by atoms with Crippen LogP contribution >= 0.6 is 15.9 Å². The molecule has 0 aliphatic carbocycles. The fourth-order valence-electron chi connectivity index (χ4n) is 0.823. The Labute approximate surface area is 72.9 Å². The summed E-state index contributed by atoms with van der Waals surface area (Å²) in [6, 6.07) is 3.30. The Hall–Kier alpha value is -0.700. The molecule has 0 saturated heterocycles. The van der Waals surface area contributed by atoms with Crippen LogP contribution in [0.4, 0.5) is 4.39 Å². The van der Waals surface area contributed by atoms with Crippen molar-refractivity contribution in [3.8, 4) is 0 Å². The third kappa shape index (κ3) is 1.48. The molecule has 1 aromatic carbocycles. The first-order valence-electron chi connectivity index (χ1n) is 3.12. The fraction of sp³-hybridized carbons (Fsp3) is 0.125. The van der Waals surface area contributed by atoms with Gasteiger partial charge in [0.1, 0.15) is 5.82 Å². The maximum Gasteiger partial charge on any atom is 0.140 e. The molecule has 3 heteroatoms. The third-order valence-electron chi connectivity index (χ3n) is 1.54. The molecule has 1 nitrogen and oxygen atoms in total. The predicted octanol–water partition coefficient (Wildman–Crippen LogP) is 2.89. The lowest BCUT2D eigenvalue weighted by Crippen LogP contribution is -1.91. The summed E-state index contributed by atoms with van der Waals surface area (Å²) in [5, 5.41) is 6.94. The van der Waals surface area contributed by atoms with E-state index in [1.54, 1.807) is 19.1 Å². The Morgan fingerprint density at radius 3 is 2.73 bits per heavy atom. The summed E-state index contributed by atoms with van der Waals surface area (Å²) in [4.78, 5) is 0. The van der Waals surface area contributed by atoms with E-state index >= 15 is 0 Å². The zero-order valence-electron chi connectivity index (χ0n) is 5.99. The largest absolute Gasteiger partial charge is 0.308 e. The summed E-state index contributed by atoms with van der Waals surface area (Å²) in [5.74, 6) is -0.286. The highest BCUT2D eigenvalue weighted by Crippen LogP contribution is 2.20. The predicted molar refractivity (Wildman–Crippen MR) is 46.7 cm³/mol. The Bertz CT molecular complexity index is 296. The first kappa shape index (κ1) is 8.40. The van der Waals surface area contributed by atoms with Gasteiger partial charge in [-0.1, -0.05) is 6.07 Å². The maximum atomic E-state index is 13.0. The van der Waals surface area contributed by atoms with Gasteiger partial charge in [-0.25, -0.2) is 4.39 Å². The summed E-state index contributed by atoms with van der Waals surface area (Å²) in [6.07, 6.45) is 1.14. The van der Waals surface area contributed by atoms with Crippen LogP contribution in [0.3, 0.4) is 0 Å². The summed E-state index contributed by atoms with van der Waals surface area (Å²) in [5.41, 5.74) is 1.13. The van der Waals surface area contributed by atoms with Gasteiger partial charge in [-0.15, -0.1) is 0 Å². The molecule has 0 aliphatic heterocycles. The van der Waals surface area contributed by atoms with E-state index in [1.807, 2.05) is 0 Å². The molecule has 1 aromatic rings. The smallest absolute Gasteiger partial charge is 0.140 e. The van der Waals surface area contributed by atoms with Gasteiger partial charge < -0.3 is 5.41 Å². The van der Waals surface area contributed by atoms with Crippen LogP contribution in [0.5, 0.6) is 0 Å². The highest BCUT2D eigenvalue weighted by Gasteiger charge is 2.04. The molecule has 0 aliphatic rings. The van der Waals surface area contributed by atoms with E-state index in [0.717, 1.165) is 6.21 Å². The molecule has 0 heterocycles. The van der Waals surface area contributed by atoms with Crippen molar-refractivity contribution in [1.29, 1.82) is 5.41 Å². The number of benzene rings is 1. The second kappa shape index (κ2) is 3.13. The average Bonchev–Trinajstić information content (AvgIpc) is 2.01. The van der Waals surface area contributed by atoms with E-state index in [1.165, 1.54) is 0 Å². The Kier molecular flexibility index (Phi) is 2.39. The molecule has 0 saturated carbocycles. The average molecular weight is 216 g/mol. The molecule has 0 aromatic heterocycles. The summed E-state index contributed by atoms with van der Waals surface area (Å²) in [7, 11) is 0. The van der Waals surface area contributed by atoms with Crippen molar-refractivity contribution in [3.05, 3.63) is 33.5 Å². The number of hydrogen-bond donors (Lipinski definition) is 1. The second-order valence-electron chi connectivity index (χ2n) is 2.22. The topological polar surface area (TPSA) is 23.9 Å². The van der Waals surface area contributed by atoms with Gasteiger partial charge in [-0.05, 0) is 40.0 Å². The van der Waals surface area contributed by atoms with Crippen LogP contribution in [0.25, 0.3) is 0 Å². The van der Waals surface area contributed by atoms with Crippen LogP contribution in [0.15, 0.2) is 16.6 Å². The fourth-order valence-corrected chi connectivity index (χ4v) is 1.25. The van der Waals surface area contributed by atoms with Crippen molar-refractivity contribution in [2.45, 2.75) is 6.92 Å². The zero-order chi connectivity index (χ0) is 8.43. The van der Waals surface area contributed by atoms with Crippen molar-refractivity contribution >= 4 is 22.1 Å². The van der Waals surface area contributed by atoms with Crippen molar-refractivity contribution in [1.82, 2.24) is 0 Å². The molecule has 0 fully saturated rings. The SMILES string of the molecule is Cc1c(C=N)ccc(Br)c1F. The van der Waals surface area contributed by atoms with E-state index in [9.17, 15) is 4.39 Å². The Balaban J connectivity index is 3.36. The Morgan fingerprint density at radius 2 is 2.18 bits per heavy atom. The van der Waals surface area contributed by atoms with Gasteiger partial charge in [0.05, 0.1) is 4.47 Å². The molecule has 0 bridgehead atoms. The van der Waals surface area contributed by atoms with Crippen LogP contribution < -0.4 is 0 Å². The first-order valence-corrected chi connectivity index (χ1v) is 3.91. The van der Waals surface area contributed by atoms with Crippen LogP contribution in [-0.2, 0) is 0 Å². The quantitative estimate of drug-likeness (QED) is 0.698. The summed E-state index contributed by atoms with van der Waals surface area (Å²) in [6.45, 7) is 1.65. The zero-order valence-corrected chi connectivity index (χ0v) is 7.57. The molecule has 1 N–H and O–H groups in total. The minimum Gasteiger partial charge on any atom is -0.308 e. The molecule has 0 spiro atoms. The minimum atomic E-state index is -0.286. The van der Waals surface area contributed by atoms with E-state index in [4.69, 9.17) is 5.41 Å². The van der Waals surface area contributed by atoms with E-state index in [-0.39, 0.29) is 5.82 Å². The highest BCUT2D eigenvalue weighted by molar-refractivity contribution is 9.10. The van der Waals surface area contributed by atoms with Crippen LogP contribution in [0.1, 0.15) is 11.1 Å². The van der Waals surface area contributed by atoms with Crippen molar-refractivity contribution in [3.63, 3.8) is 0 Å². The molecule has 58 valence electrons. The number of halogens is 2. The molecule has 0 radical (unpaired) electrons. The molecule has 0 unspecified atom stereocenters. The van der Waals surface area contributed by atoms with Gasteiger partial charge >= 0.3 is 0 Å². The Morgan fingerprint density at radius 1 is 1.55 bits per heavy atom. The lowest BCUT2D eigenvalue weighted by Gasteiger charge is -2.01. The van der Waals surface area contributed by atoms with Gasteiger partial charge in [0.15, 0.2) is 0 Å². The number of nitrogens with one attached hydrogen (secondary N) is 1. The molecular formula is C8H7BrFN. The van der Waals surface area contributed by atoms with Crippen LogP contribution in [-0.4, -0.2) is 6.21 Å². The van der Waals surface area contributed by atoms with Crippen molar-refractivity contribution in [2.24, 2.45) is 0 Å². The van der Waals surface area contributed by atoms with Gasteiger partial charge in [0, 0.05) is 6.21 Å². The molecule has 1 rings (SSSR count). The molecular weight excluding hydrogens is 209 g/mol.